The molecular weight excluding hydrogens is 208 g/mol. The summed E-state index contributed by atoms with van der Waals surface area (Å²) in [5.41, 5.74) is 0. The van der Waals surface area contributed by atoms with Gasteiger partial charge in [-0.1, -0.05) is 0 Å². The summed E-state index contributed by atoms with van der Waals surface area (Å²) in [4.78, 5) is 13.2. The van der Waals surface area contributed by atoms with Gasteiger partial charge in [0.2, 0.25) is 0 Å². The zero-order valence-electron chi connectivity index (χ0n) is 9.69. The Kier molecular flexibility index (Phi) is 3.78. The lowest BCUT2D eigenvalue weighted by Gasteiger charge is -2.26. The van der Waals surface area contributed by atoms with Crippen LogP contribution in [0.25, 0.3) is 0 Å². The topological polar surface area (TPSA) is 61.8 Å². The lowest BCUT2D eigenvalue weighted by atomic mass is 10.2. The molecule has 2 aliphatic rings. The van der Waals surface area contributed by atoms with E-state index in [9.17, 15) is 4.79 Å². The van der Waals surface area contributed by atoms with Crippen LogP contribution >= 0.6 is 0 Å². The van der Waals surface area contributed by atoms with Crippen LogP contribution in [0.3, 0.4) is 0 Å². The number of carboxylic acid groups (broad SMARTS) is 1. The molecule has 0 aromatic carbocycles. The van der Waals surface area contributed by atoms with Gasteiger partial charge in [-0.3, -0.25) is 9.69 Å². The third-order valence-electron chi connectivity index (χ3n) is 3.31. The van der Waals surface area contributed by atoms with Crippen LogP contribution in [0.15, 0.2) is 0 Å². The van der Waals surface area contributed by atoms with Gasteiger partial charge in [-0.25, -0.2) is 0 Å². The average molecular weight is 228 g/mol. The first-order valence-electron chi connectivity index (χ1n) is 5.93. The monoisotopic (exact) mass is 228 g/mol. The molecule has 1 heterocycles. The molecule has 2 atom stereocenters. The number of ether oxygens (including phenoxy) is 1. The Morgan fingerprint density at radius 2 is 2.31 bits per heavy atom. The predicted octanol–water partition coefficient (Wildman–Crippen LogP) is -0.0877. The molecule has 1 saturated carbocycles. The summed E-state index contributed by atoms with van der Waals surface area (Å²) < 4.78 is 5.30. The van der Waals surface area contributed by atoms with Crippen molar-refractivity contribution in [3.05, 3.63) is 0 Å². The number of nitrogens with one attached hydrogen (secondary N) is 1. The van der Waals surface area contributed by atoms with Crippen LogP contribution in [0, 0.1) is 0 Å². The summed E-state index contributed by atoms with van der Waals surface area (Å²) in [5, 5.41) is 12.3. The molecule has 5 heteroatoms. The zero-order chi connectivity index (χ0) is 11.5. The van der Waals surface area contributed by atoms with Gasteiger partial charge < -0.3 is 15.2 Å². The van der Waals surface area contributed by atoms with Crippen LogP contribution in [0.1, 0.15) is 19.3 Å². The third kappa shape index (κ3) is 3.17. The van der Waals surface area contributed by atoms with E-state index in [1.807, 2.05) is 7.05 Å². The summed E-state index contributed by atoms with van der Waals surface area (Å²) in [5.74, 6) is -0.752. The van der Waals surface area contributed by atoms with Crippen LogP contribution in [0.4, 0.5) is 0 Å². The molecule has 2 N–H and O–H groups in total. The largest absolute Gasteiger partial charge is 0.480 e. The highest BCUT2D eigenvalue weighted by molar-refractivity contribution is 5.73. The third-order valence-corrected chi connectivity index (χ3v) is 3.31. The zero-order valence-corrected chi connectivity index (χ0v) is 9.69. The van der Waals surface area contributed by atoms with Crippen LogP contribution in [0.2, 0.25) is 0 Å². The van der Waals surface area contributed by atoms with Crippen molar-refractivity contribution in [2.45, 2.75) is 37.4 Å². The van der Waals surface area contributed by atoms with Crippen LogP contribution in [-0.4, -0.2) is 60.9 Å². The van der Waals surface area contributed by atoms with E-state index in [1.54, 1.807) is 0 Å². The molecule has 1 saturated heterocycles. The Bertz CT molecular complexity index is 250. The fourth-order valence-electron chi connectivity index (χ4n) is 2.04. The molecule has 0 aromatic heterocycles. The number of hydrogen-bond acceptors (Lipinski definition) is 4. The Hall–Kier alpha value is -0.650. The van der Waals surface area contributed by atoms with E-state index in [4.69, 9.17) is 9.84 Å². The second-order valence-corrected chi connectivity index (χ2v) is 4.79. The Balaban J connectivity index is 1.80. The highest BCUT2D eigenvalue weighted by Crippen LogP contribution is 2.20. The van der Waals surface area contributed by atoms with Crippen LogP contribution in [0.5, 0.6) is 0 Å². The molecule has 0 bridgehead atoms. The number of hydrogen-bond donors (Lipinski definition) is 2. The standard InChI is InChI=1S/C11H20N2O3/c1-13(9-4-5-16-7-9)6-10(11(14)15)12-8-2-3-8/h8-10,12H,2-7H2,1H3,(H,14,15). The van der Waals surface area contributed by atoms with Crippen molar-refractivity contribution in [1.29, 1.82) is 0 Å². The van der Waals surface area contributed by atoms with E-state index in [0.717, 1.165) is 32.5 Å². The molecule has 92 valence electrons. The minimum absolute atomic E-state index is 0.378. The highest BCUT2D eigenvalue weighted by Gasteiger charge is 2.30. The number of carboxylic acids is 1. The van der Waals surface area contributed by atoms with Crippen LogP contribution in [-0.2, 0) is 9.53 Å². The van der Waals surface area contributed by atoms with E-state index >= 15 is 0 Å². The number of nitrogens with zero attached hydrogens (tertiary/aromatic N) is 1. The maximum absolute atomic E-state index is 11.1. The molecule has 0 radical (unpaired) electrons. The van der Waals surface area contributed by atoms with E-state index in [2.05, 4.69) is 10.2 Å². The van der Waals surface area contributed by atoms with Gasteiger partial charge in [-0.2, -0.15) is 0 Å². The molecule has 1 aliphatic heterocycles. The van der Waals surface area contributed by atoms with E-state index < -0.39 is 12.0 Å². The fourth-order valence-corrected chi connectivity index (χ4v) is 2.04. The second kappa shape index (κ2) is 5.12. The van der Waals surface area contributed by atoms with Crippen molar-refractivity contribution in [3.8, 4) is 0 Å². The summed E-state index contributed by atoms with van der Waals surface area (Å²) in [6.45, 7) is 2.08. The summed E-state index contributed by atoms with van der Waals surface area (Å²) in [6.07, 6.45) is 3.23. The van der Waals surface area contributed by atoms with Gasteiger partial charge >= 0.3 is 5.97 Å². The van der Waals surface area contributed by atoms with Crippen molar-refractivity contribution >= 4 is 5.97 Å². The molecule has 0 aromatic rings. The highest BCUT2D eigenvalue weighted by atomic mass is 16.5. The molecule has 2 rings (SSSR count). The van der Waals surface area contributed by atoms with Gasteiger partial charge in [0.25, 0.3) is 0 Å². The van der Waals surface area contributed by atoms with Gasteiger partial charge in [-0.15, -0.1) is 0 Å². The molecule has 0 spiro atoms. The smallest absolute Gasteiger partial charge is 0.322 e. The first kappa shape index (κ1) is 11.8. The molecule has 1 aliphatic carbocycles. The molecular formula is C11H20N2O3. The van der Waals surface area contributed by atoms with Gasteiger partial charge in [-0.05, 0) is 26.3 Å². The predicted molar refractivity (Wildman–Crippen MR) is 59.4 cm³/mol. The molecule has 2 fully saturated rings. The summed E-state index contributed by atoms with van der Waals surface area (Å²) in [6, 6.07) is 0.357. The number of carbonyl (C=O) groups is 1. The Morgan fingerprint density at radius 3 is 2.81 bits per heavy atom. The first-order valence-corrected chi connectivity index (χ1v) is 5.93. The van der Waals surface area contributed by atoms with Crippen molar-refractivity contribution in [2.75, 3.05) is 26.8 Å². The minimum Gasteiger partial charge on any atom is -0.480 e. The summed E-state index contributed by atoms with van der Waals surface area (Å²) >= 11 is 0. The lowest BCUT2D eigenvalue weighted by Crippen LogP contribution is -2.48. The van der Waals surface area contributed by atoms with Crippen molar-refractivity contribution in [2.24, 2.45) is 0 Å². The van der Waals surface area contributed by atoms with Crippen molar-refractivity contribution in [3.63, 3.8) is 0 Å². The SMILES string of the molecule is CN(CC(NC1CC1)C(=O)O)C1CCOC1. The van der Waals surface area contributed by atoms with Gasteiger partial charge in [0, 0.05) is 25.2 Å². The van der Waals surface area contributed by atoms with Gasteiger partial charge in [0.15, 0.2) is 0 Å². The second-order valence-electron chi connectivity index (χ2n) is 4.79. The first-order chi connectivity index (χ1) is 7.66. The van der Waals surface area contributed by atoms with Crippen molar-refractivity contribution in [1.82, 2.24) is 10.2 Å². The molecule has 0 amide bonds. The summed E-state index contributed by atoms with van der Waals surface area (Å²) in [7, 11) is 1.98. The Labute approximate surface area is 95.8 Å². The van der Waals surface area contributed by atoms with E-state index in [0.29, 0.717) is 18.6 Å². The Morgan fingerprint density at radius 1 is 1.56 bits per heavy atom. The van der Waals surface area contributed by atoms with Crippen LogP contribution < -0.4 is 5.32 Å². The van der Waals surface area contributed by atoms with E-state index in [1.165, 1.54) is 0 Å². The maximum Gasteiger partial charge on any atom is 0.322 e. The minimum atomic E-state index is -0.752. The van der Waals surface area contributed by atoms with Gasteiger partial charge in [0.05, 0.1) is 6.61 Å². The quantitative estimate of drug-likeness (QED) is 0.665. The maximum atomic E-state index is 11.1. The molecule has 5 nitrogen and oxygen atoms in total. The molecule has 16 heavy (non-hydrogen) atoms. The fraction of sp³-hybridized carbons (Fsp3) is 0.909. The van der Waals surface area contributed by atoms with E-state index in [-0.39, 0.29) is 0 Å². The normalized spacial score (nSPS) is 27.2. The average Bonchev–Trinajstić information content (AvgIpc) is 2.89. The van der Waals surface area contributed by atoms with Crippen molar-refractivity contribution < 1.29 is 14.6 Å². The number of likely N-dealkylation sites (N-methyl/N-ethyl adjacent to an activating group) is 1. The lowest BCUT2D eigenvalue weighted by molar-refractivity contribution is -0.140. The number of rotatable bonds is 6. The number of aliphatic carboxylic acids is 1. The van der Waals surface area contributed by atoms with Gasteiger partial charge in [0.1, 0.15) is 6.04 Å². The molecule has 2 unspecified atom stereocenters.